The van der Waals surface area contributed by atoms with Crippen LogP contribution in [0.2, 0.25) is 0 Å². The Hall–Kier alpha value is -3.71. The van der Waals surface area contributed by atoms with Crippen LogP contribution in [0.4, 0.5) is 0 Å². The van der Waals surface area contributed by atoms with Crippen molar-refractivity contribution in [2.24, 2.45) is 0 Å². The van der Waals surface area contributed by atoms with E-state index in [1.165, 1.54) is 44.5 Å². The lowest BCUT2D eigenvalue weighted by atomic mass is 9.97. The lowest BCUT2D eigenvalue weighted by Crippen LogP contribution is -1.91. The van der Waals surface area contributed by atoms with Crippen molar-refractivity contribution in [2.45, 2.75) is 33.6 Å². The second kappa shape index (κ2) is 8.67. The monoisotopic (exact) mass is 427 g/mol. The van der Waals surface area contributed by atoms with E-state index >= 15 is 0 Å². The molecule has 2 aliphatic rings. The molecule has 0 radical (unpaired) electrons. The first kappa shape index (κ1) is 21.2. The van der Waals surface area contributed by atoms with Crippen LogP contribution in [0.15, 0.2) is 97.1 Å². The van der Waals surface area contributed by atoms with Crippen LogP contribution in [-0.4, -0.2) is 4.98 Å². The summed E-state index contributed by atoms with van der Waals surface area (Å²) in [4.78, 5) is 5.18. The number of rotatable bonds is 4. The number of aryl methyl sites for hydroxylation is 2. The number of pyridine rings is 1. The molecule has 1 heterocycles. The normalized spacial score (nSPS) is 11.3. The van der Waals surface area contributed by atoms with E-state index in [-0.39, 0.29) is 0 Å². The van der Waals surface area contributed by atoms with Gasteiger partial charge in [0.25, 0.3) is 0 Å². The molecular formula is C32H29N. The van der Waals surface area contributed by atoms with E-state index in [9.17, 15) is 0 Å². The van der Waals surface area contributed by atoms with Crippen molar-refractivity contribution >= 4 is 0 Å². The zero-order chi connectivity index (χ0) is 22.9. The van der Waals surface area contributed by atoms with Crippen LogP contribution in [0.1, 0.15) is 36.5 Å². The highest BCUT2D eigenvalue weighted by Crippen LogP contribution is 2.42. The van der Waals surface area contributed by atoms with Crippen molar-refractivity contribution in [1.29, 1.82) is 0 Å². The molecule has 0 atom stereocenters. The first-order valence-corrected chi connectivity index (χ1v) is 11.7. The van der Waals surface area contributed by atoms with Gasteiger partial charge in [0.1, 0.15) is 0 Å². The third-order valence-electron chi connectivity index (χ3n) is 6.50. The number of hydrogen-bond donors (Lipinski definition) is 0. The molecule has 0 fully saturated rings. The molecule has 0 aliphatic heterocycles. The standard InChI is InChI=1S/C32H29N/c1-21(2)26-16-15-22(3)32-28(18-26)23(4)17-29(32)31-20-27(24-11-7-5-8-12-24)19-30(33-31)25-13-9-6-10-14-25/h5-21H,1-4H3. The van der Waals surface area contributed by atoms with Crippen molar-refractivity contribution in [3.63, 3.8) is 0 Å². The predicted molar refractivity (Wildman–Crippen MR) is 141 cm³/mol. The molecule has 0 unspecified atom stereocenters. The lowest BCUT2D eigenvalue weighted by molar-refractivity contribution is 0.868. The van der Waals surface area contributed by atoms with E-state index in [1.54, 1.807) is 0 Å². The average Bonchev–Trinajstić information content (AvgIpc) is 3.07. The molecule has 1 nitrogen and oxygen atoms in total. The number of fused-ring (bicyclic) bond motifs is 1. The molecule has 5 rings (SSSR count). The summed E-state index contributed by atoms with van der Waals surface area (Å²) in [5.74, 6) is 0.488. The molecule has 2 aliphatic carbocycles. The maximum absolute atomic E-state index is 5.18. The molecule has 2 aromatic carbocycles. The van der Waals surface area contributed by atoms with Gasteiger partial charge >= 0.3 is 0 Å². The van der Waals surface area contributed by atoms with Gasteiger partial charge in [0.15, 0.2) is 0 Å². The number of benzene rings is 2. The maximum atomic E-state index is 5.18. The summed E-state index contributed by atoms with van der Waals surface area (Å²) in [7, 11) is 0. The Morgan fingerprint density at radius 1 is 0.545 bits per heavy atom. The van der Waals surface area contributed by atoms with E-state index in [4.69, 9.17) is 4.98 Å². The Bertz CT molecular complexity index is 1320. The summed E-state index contributed by atoms with van der Waals surface area (Å²) < 4.78 is 0. The van der Waals surface area contributed by atoms with Gasteiger partial charge in [-0.05, 0) is 76.9 Å². The summed E-state index contributed by atoms with van der Waals surface area (Å²) in [6.45, 7) is 8.95. The summed E-state index contributed by atoms with van der Waals surface area (Å²) in [6.07, 6.45) is 0. The van der Waals surface area contributed by atoms with Gasteiger partial charge in [0.05, 0.1) is 11.4 Å². The summed E-state index contributed by atoms with van der Waals surface area (Å²) in [6, 6.07) is 34.7. The van der Waals surface area contributed by atoms with Gasteiger partial charge in [-0.2, -0.15) is 0 Å². The van der Waals surface area contributed by atoms with Crippen molar-refractivity contribution in [3.8, 4) is 44.8 Å². The third-order valence-corrected chi connectivity index (χ3v) is 6.50. The molecule has 0 amide bonds. The molecule has 0 saturated heterocycles. The zero-order valence-electron chi connectivity index (χ0n) is 19.8. The van der Waals surface area contributed by atoms with Crippen molar-refractivity contribution in [2.75, 3.05) is 0 Å². The zero-order valence-corrected chi connectivity index (χ0v) is 19.8. The summed E-state index contributed by atoms with van der Waals surface area (Å²) in [5, 5.41) is 0. The number of nitrogens with zero attached hydrogens (tertiary/aromatic N) is 1. The molecule has 0 bridgehead atoms. The minimum absolute atomic E-state index is 0.488. The van der Waals surface area contributed by atoms with Crippen LogP contribution in [0.25, 0.3) is 44.8 Å². The largest absolute Gasteiger partial charge is 0.248 e. The molecule has 0 N–H and O–H groups in total. The Balaban J connectivity index is 1.76. The molecule has 1 aromatic heterocycles. The number of hydrogen-bond acceptors (Lipinski definition) is 1. The van der Waals surface area contributed by atoms with Crippen LogP contribution in [0.3, 0.4) is 0 Å². The van der Waals surface area contributed by atoms with Crippen molar-refractivity contribution < 1.29 is 0 Å². The molecule has 1 heteroatoms. The van der Waals surface area contributed by atoms with E-state index in [0.29, 0.717) is 5.92 Å². The Kier molecular flexibility index (Phi) is 5.56. The fraction of sp³-hybridized carbons (Fsp3) is 0.156. The highest BCUT2D eigenvalue weighted by molar-refractivity contribution is 5.91. The Morgan fingerprint density at radius 2 is 1.18 bits per heavy atom. The molecule has 33 heavy (non-hydrogen) atoms. The predicted octanol–water partition coefficient (Wildman–Crippen LogP) is 8.93. The first-order valence-electron chi connectivity index (χ1n) is 11.7. The molecule has 0 saturated carbocycles. The third kappa shape index (κ3) is 4.07. The maximum Gasteiger partial charge on any atom is 0.0722 e. The van der Waals surface area contributed by atoms with Crippen LogP contribution in [0, 0.1) is 13.8 Å². The van der Waals surface area contributed by atoms with Crippen molar-refractivity contribution in [1.82, 2.24) is 4.98 Å². The van der Waals surface area contributed by atoms with Gasteiger partial charge in [-0.25, -0.2) is 4.98 Å². The van der Waals surface area contributed by atoms with Crippen LogP contribution < -0.4 is 0 Å². The SMILES string of the molecule is Cc1cc(-c2cc(-c3ccccc3)cc(-c3ccccc3)n2)c2c(C)ccc(C(C)C)cc1-2. The highest BCUT2D eigenvalue weighted by Gasteiger charge is 2.20. The van der Waals surface area contributed by atoms with Crippen LogP contribution in [-0.2, 0) is 0 Å². The Morgan fingerprint density at radius 3 is 1.85 bits per heavy atom. The van der Waals surface area contributed by atoms with Gasteiger partial charge in [-0.3, -0.25) is 0 Å². The second-order valence-corrected chi connectivity index (χ2v) is 9.20. The topological polar surface area (TPSA) is 12.9 Å². The minimum Gasteiger partial charge on any atom is -0.248 e. The van der Waals surface area contributed by atoms with Gasteiger partial charge in [-0.15, -0.1) is 0 Å². The van der Waals surface area contributed by atoms with Gasteiger partial charge in [0, 0.05) is 11.1 Å². The molecule has 0 spiro atoms. The molecular weight excluding hydrogens is 398 g/mol. The van der Waals surface area contributed by atoms with Gasteiger partial charge < -0.3 is 0 Å². The fourth-order valence-corrected chi connectivity index (χ4v) is 4.62. The molecule has 3 aromatic rings. The van der Waals surface area contributed by atoms with Gasteiger partial charge in [-0.1, -0.05) is 92.7 Å². The summed E-state index contributed by atoms with van der Waals surface area (Å²) in [5.41, 5.74) is 13.3. The van der Waals surface area contributed by atoms with E-state index in [2.05, 4.69) is 125 Å². The molecule has 162 valence electrons. The van der Waals surface area contributed by atoms with Crippen LogP contribution >= 0.6 is 0 Å². The van der Waals surface area contributed by atoms with Crippen LogP contribution in [0.5, 0.6) is 0 Å². The van der Waals surface area contributed by atoms with Gasteiger partial charge in [0.2, 0.25) is 0 Å². The van der Waals surface area contributed by atoms with E-state index in [0.717, 1.165) is 17.0 Å². The summed E-state index contributed by atoms with van der Waals surface area (Å²) >= 11 is 0. The van der Waals surface area contributed by atoms with Crippen molar-refractivity contribution in [3.05, 3.63) is 114 Å². The quantitative estimate of drug-likeness (QED) is 0.279. The minimum atomic E-state index is 0.488. The fourth-order valence-electron chi connectivity index (χ4n) is 4.62. The smallest absolute Gasteiger partial charge is 0.0722 e. The van der Waals surface area contributed by atoms with E-state index in [1.807, 2.05) is 0 Å². The highest BCUT2D eigenvalue weighted by atomic mass is 14.7. The average molecular weight is 428 g/mol. The lowest BCUT2D eigenvalue weighted by Gasteiger charge is -2.11. The second-order valence-electron chi connectivity index (χ2n) is 9.20. The Labute approximate surface area is 197 Å². The van der Waals surface area contributed by atoms with E-state index < -0.39 is 0 Å². The first-order chi connectivity index (χ1) is 16.0. The number of aromatic nitrogens is 1.